The van der Waals surface area contributed by atoms with Gasteiger partial charge in [0.05, 0.1) is 32.4 Å². The first-order chi connectivity index (χ1) is 10.0. The van der Waals surface area contributed by atoms with Gasteiger partial charge in [-0.15, -0.1) is 0 Å². The lowest BCUT2D eigenvalue weighted by Gasteiger charge is -2.22. The first kappa shape index (κ1) is 15.2. The highest BCUT2D eigenvalue weighted by Crippen LogP contribution is 2.28. The summed E-state index contributed by atoms with van der Waals surface area (Å²) in [6.07, 6.45) is 0.826. The Kier molecular flexibility index (Phi) is 4.39. The Labute approximate surface area is 119 Å². The minimum atomic E-state index is -1.15. The van der Waals surface area contributed by atoms with Crippen LogP contribution in [0.25, 0.3) is 0 Å². The zero-order valence-corrected chi connectivity index (χ0v) is 11.6. The van der Waals surface area contributed by atoms with Gasteiger partial charge in [-0.1, -0.05) is 0 Å². The Morgan fingerprint density at radius 2 is 2.24 bits per heavy atom. The highest BCUT2D eigenvalue weighted by atomic mass is 16.6. The van der Waals surface area contributed by atoms with Crippen molar-refractivity contribution in [2.45, 2.75) is 18.8 Å². The number of carbonyl (C=O) groups is 2. The molecular formula is C13H15NO7. The number of carbonyl (C=O) groups excluding carboxylic acids is 2. The van der Waals surface area contributed by atoms with E-state index < -0.39 is 23.7 Å². The van der Waals surface area contributed by atoms with Crippen LogP contribution in [-0.4, -0.2) is 49.0 Å². The molecule has 2 heterocycles. The third-order valence-corrected chi connectivity index (χ3v) is 3.32. The number of methoxy groups -OCH3 is 2. The van der Waals surface area contributed by atoms with Gasteiger partial charge in [0.1, 0.15) is 0 Å². The quantitative estimate of drug-likeness (QED) is 0.603. The van der Waals surface area contributed by atoms with E-state index in [4.69, 9.17) is 9.47 Å². The van der Waals surface area contributed by atoms with E-state index >= 15 is 0 Å². The van der Waals surface area contributed by atoms with Crippen molar-refractivity contribution in [3.63, 3.8) is 0 Å². The molecule has 0 aliphatic carbocycles. The number of aliphatic hydroxyl groups is 1. The van der Waals surface area contributed by atoms with Crippen molar-refractivity contribution in [3.8, 4) is 5.75 Å². The Morgan fingerprint density at radius 3 is 2.71 bits per heavy atom. The number of aliphatic hydroxyl groups excluding tert-OH is 1. The summed E-state index contributed by atoms with van der Waals surface area (Å²) >= 11 is 0. The predicted octanol–water partition coefficient (Wildman–Crippen LogP) is -0.264. The van der Waals surface area contributed by atoms with Crippen molar-refractivity contribution in [2.75, 3.05) is 20.8 Å². The van der Waals surface area contributed by atoms with Crippen molar-refractivity contribution in [2.24, 2.45) is 0 Å². The standard InChI is InChI=1S/C13H15NO7/c1-19-11-9(13(18)20-2)14(5-7(6-15)10(11)16)8-3-4-21-12(8)17/h5-6,8,12,17H,3-4H2,1-2H3. The molecule has 0 aromatic carbocycles. The van der Waals surface area contributed by atoms with Crippen LogP contribution in [0.5, 0.6) is 5.75 Å². The molecule has 0 bridgehead atoms. The molecule has 1 aromatic heterocycles. The zero-order chi connectivity index (χ0) is 15.6. The van der Waals surface area contributed by atoms with Crippen LogP contribution in [0.2, 0.25) is 0 Å². The fourth-order valence-electron chi connectivity index (χ4n) is 2.30. The van der Waals surface area contributed by atoms with Crippen molar-refractivity contribution in [3.05, 3.63) is 27.7 Å². The Balaban J connectivity index is 2.74. The molecule has 0 radical (unpaired) electrons. The SMILES string of the molecule is COC(=O)c1c(OC)c(=O)c(C=O)cn1C1CCOC1O. The summed E-state index contributed by atoms with van der Waals surface area (Å²) in [5, 5.41) is 9.82. The highest BCUT2D eigenvalue weighted by Gasteiger charge is 2.33. The highest BCUT2D eigenvalue weighted by molar-refractivity contribution is 5.91. The number of nitrogens with zero attached hydrogens (tertiary/aromatic N) is 1. The molecule has 0 spiro atoms. The molecule has 2 atom stereocenters. The number of esters is 1. The first-order valence-electron chi connectivity index (χ1n) is 6.21. The molecule has 114 valence electrons. The molecule has 1 N–H and O–H groups in total. The summed E-state index contributed by atoms with van der Waals surface area (Å²) in [6.45, 7) is 0.289. The minimum Gasteiger partial charge on any atom is -0.491 e. The van der Waals surface area contributed by atoms with E-state index in [0.717, 1.165) is 7.11 Å². The van der Waals surface area contributed by atoms with Crippen LogP contribution >= 0.6 is 0 Å². The average molecular weight is 297 g/mol. The van der Waals surface area contributed by atoms with Crippen LogP contribution in [0, 0.1) is 0 Å². The molecule has 2 rings (SSSR count). The molecule has 1 aromatic rings. The summed E-state index contributed by atoms with van der Waals surface area (Å²) in [4.78, 5) is 35.0. The number of ether oxygens (including phenoxy) is 3. The minimum absolute atomic E-state index is 0.162. The molecule has 2 unspecified atom stereocenters. The molecular weight excluding hydrogens is 282 g/mol. The largest absolute Gasteiger partial charge is 0.491 e. The van der Waals surface area contributed by atoms with E-state index in [1.165, 1.54) is 17.9 Å². The summed E-state index contributed by atoms with van der Waals surface area (Å²) in [7, 11) is 2.37. The number of aldehydes is 1. The second-order valence-corrected chi connectivity index (χ2v) is 4.43. The van der Waals surface area contributed by atoms with Crippen LogP contribution in [0.4, 0.5) is 0 Å². The van der Waals surface area contributed by atoms with Crippen LogP contribution in [0.3, 0.4) is 0 Å². The Hall–Kier alpha value is -2.19. The molecule has 0 saturated carbocycles. The maximum atomic E-state index is 12.0. The number of rotatable bonds is 4. The van der Waals surface area contributed by atoms with Gasteiger partial charge in [0.25, 0.3) is 0 Å². The topological polar surface area (TPSA) is 104 Å². The lowest BCUT2D eigenvalue weighted by atomic mass is 10.1. The fraction of sp³-hybridized carbons (Fsp3) is 0.462. The Bertz CT molecular complexity index is 622. The lowest BCUT2D eigenvalue weighted by Crippen LogP contribution is -2.29. The van der Waals surface area contributed by atoms with E-state index in [0.29, 0.717) is 12.7 Å². The number of pyridine rings is 1. The molecule has 8 nitrogen and oxygen atoms in total. The van der Waals surface area contributed by atoms with Gasteiger partial charge in [0.15, 0.2) is 24.0 Å². The van der Waals surface area contributed by atoms with E-state index in [1.807, 2.05) is 0 Å². The first-order valence-corrected chi connectivity index (χ1v) is 6.21. The van der Waals surface area contributed by atoms with E-state index in [2.05, 4.69) is 4.74 Å². The fourth-order valence-corrected chi connectivity index (χ4v) is 2.30. The lowest BCUT2D eigenvalue weighted by molar-refractivity contribution is -0.0789. The van der Waals surface area contributed by atoms with E-state index in [1.54, 1.807) is 0 Å². The van der Waals surface area contributed by atoms with Gasteiger partial charge in [-0.3, -0.25) is 9.59 Å². The molecule has 1 fully saturated rings. The van der Waals surface area contributed by atoms with Crippen molar-refractivity contribution >= 4 is 12.3 Å². The molecule has 1 aliphatic heterocycles. The smallest absolute Gasteiger partial charge is 0.358 e. The summed E-state index contributed by atoms with van der Waals surface area (Å²) in [5.41, 5.74) is -1.05. The van der Waals surface area contributed by atoms with Gasteiger partial charge < -0.3 is 23.9 Å². The molecule has 21 heavy (non-hydrogen) atoms. The van der Waals surface area contributed by atoms with Crippen LogP contribution in [0.15, 0.2) is 11.0 Å². The molecule has 1 aliphatic rings. The maximum Gasteiger partial charge on any atom is 0.358 e. The van der Waals surface area contributed by atoms with E-state index in [9.17, 15) is 19.5 Å². The number of hydrogen-bond acceptors (Lipinski definition) is 7. The monoisotopic (exact) mass is 297 g/mol. The zero-order valence-electron chi connectivity index (χ0n) is 11.6. The Morgan fingerprint density at radius 1 is 1.52 bits per heavy atom. The number of hydrogen-bond donors (Lipinski definition) is 1. The molecule has 1 saturated heterocycles. The normalized spacial score (nSPS) is 21.1. The summed E-state index contributed by atoms with van der Waals surface area (Å²) in [6, 6.07) is -0.618. The second-order valence-electron chi connectivity index (χ2n) is 4.43. The molecule has 0 amide bonds. The third kappa shape index (κ3) is 2.55. The van der Waals surface area contributed by atoms with Gasteiger partial charge in [-0.2, -0.15) is 0 Å². The second kappa shape index (κ2) is 6.06. The van der Waals surface area contributed by atoms with Gasteiger partial charge >= 0.3 is 5.97 Å². The van der Waals surface area contributed by atoms with Gasteiger partial charge in [-0.25, -0.2) is 4.79 Å². The van der Waals surface area contributed by atoms with Gasteiger partial charge in [0, 0.05) is 6.20 Å². The van der Waals surface area contributed by atoms with Crippen LogP contribution < -0.4 is 10.2 Å². The maximum absolute atomic E-state index is 12.0. The summed E-state index contributed by atoms with van der Waals surface area (Å²) < 4.78 is 16.0. The van der Waals surface area contributed by atoms with Crippen LogP contribution in [-0.2, 0) is 9.47 Å². The van der Waals surface area contributed by atoms with Gasteiger partial charge in [-0.05, 0) is 6.42 Å². The van der Waals surface area contributed by atoms with E-state index in [-0.39, 0.29) is 23.6 Å². The van der Waals surface area contributed by atoms with Crippen LogP contribution in [0.1, 0.15) is 33.3 Å². The molecule has 8 heteroatoms. The van der Waals surface area contributed by atoms with Crippen molar-refractivity contribution < 1.29 is 28.9 Å². The van der Waals surface area contributed by atoms with Crippen molar-refractivity contribution in [1.29, 1.82) is 0 Å². The van der Waals surface area contributed by atoms with Crippen molar-refractivity contribution in [1.82, 2.24) is 4.57 Å². The third-order valence-electron chi connectivity index (χ3n) is 3.32. The number of aromatic nitrogens is 1. The average Bonchev–Trinajstić information content (AvgIpc) is 2.91. The summed E-state index contributed by atoms with van der Waals surface area (Å²) in [5.74, 6) is -1.11. The van der Waals surface area contributed by atoms with Gasteiger partial charge in [0.2, 0.25) is 5.43 Å². The predicted molar refractivity (Wildman–Crippen MR) is 69.6 cm³/mol.